The van der Waals surface area contributed by atoms with Crippen LogP contribution in [-0.2, 0) is 55.8 Å². The molecule has 0 bridgehead atoms. The zero-order valence-corrected chi connectivity index (χ0v) is 65.3. The van der Waals surface area contributed by atoms with E-state index in [0.717, 1.165) is 161 Å². The number of ether oxygens (including phenoxy) is 3. The van der Waals surface area contributed by atoms with Crippen molar-refractivity contribution >= 4 is 33.6 Å². The number of hydrogen-bond donors (Lipinski definition) is 4. The third-order valence-electron chi connectivity index (χ3n) is 16.7. The monoisotopic (exact) mass is 1460 g/mol. The predicted octanol–water partition coefficient (Wildman–Crippen LogP) is 23.3. The highest BCUT2D eigenvalue weighted by atomic mass is 31.2. The van der Waals surface area contributed by atoms with Crippen molar-refractivity contribution < 1.29 is 75.8 Å². The summed E-state index contributed by atoms with van der Waals surface area (Å²) in [6.45, 7) is 2.47. The quantitative estimate of drug-likeness (QED) is 0.0146. The number of unbranched alkanes of at least 4 members (excludes halogenated alkanes) is 32. The molecule has 16 nitrogen and oxygen atoms in total. The molecule has 0 spiro atoms. The number of carbonyl (C=O) groups is 3. The van der Waals surface area contributed by atoms with E-state index in [4.69, 9.17) is 32.3 Å². The molecule has 101 heavy (non-hydrogen) atoms. The van der Waals surface area contributed by atoms with Crippen LogP contribution in [0.5, 0.6) is 0 Å². The summed E-state index contributed by atoms with van der Waals surface area (Å²) in [5.74, 6) is -1.58. The number of rotatable bonds is 75. The van der Waals surface area contributed by atoms with Crippen LogP contribution in [0.1, 0.15) is 329 Å². The molecule has 0 saturated carbocycles. The number of aliphatic hydroxyl groups is 2. The van der Waals surface area contributed by atoms with Crippen molar-refractivity contribution in [2.24, 2.45) is 0 Å². The molecule has 0 aliphatic carbocycles. The second-order valence-corrected chi connectivity index (χ2v) is 29.4. The first-order valence-electron chi connectivity index (χ1n) is 39.8. The van der Waals surface area contributed by atoms with Gasteiger partial charge in [-0.25, -0.2) is 9.13 Å². The van der Waals surface area contributed by atoms with Crippen LogP contribution >= 0.6 is 15.6 Å². The second kappa shape index (κ2) is 75.6. The van der Waals surface area contributed by atoms with E-state index >= 15 is 0 Å². The summed E-state index contributed by atoms with van der Waals surface area (Å²) in [5, 5.41) is 20.6. The maximum atomic E-state index is 13.0. The van der Waals surface area contributed by atoms with Crippen molar-refractivity contribution in [2.45, 2.75) is 347 Å². The van der Waals surface area contributed by atoms with Crippen LogP contribution in [-0.4, -0.2) is 95.9 Å². The van der Waals surface area contributed by atoms with Crippen molar-refractivity contribution in [1.29, 1.82) is 0 Å². The topological polar surface area (TPSA) is 231 Å². The molecule has 582 valence electrons. The maximum Gasteiger partial charge on any atom is 0.472 e. The normalized spacial score (nSPS) is 14.6. The number of aliphatic hydroxyl groups excluding tert-OH is 2. The van der Waals surface area contributed by atoms with Crippen molar-refractivity contribution in [2.75, 3.05) is 39.6 Å². The highest BCUT2D eigenvalue weighted by molar-refractivity contribution is 7.47. The smallest absolute Gasteiger partial charge is 0.463 e. The molecule has 0 fully saturated rings. The fourth-order valence-corrected chi connectivity index (χ4v) is 12.3. The summed E-state index contributed by atoms with van der Waals surface area (Å²) in [5.41, 5.74) is 0. The minimum atomic E-state index is -4.93. The summed E-state index contributed by atoms with van der Waals surface area (Å²) >= 11 is 0. The lowest BCUT2D eigenvalue weighted by molar-refractivity contribution is -0.161. The van der Waals surface area contributed by atoms with Gasteiger partial charge in [0, 0.05) is 19.3 Å². The third kappa shape index (κ3) is 76.9. The van der Waals surface area contributed by atoms with Gasteiger partial charge in [0.25, 0.3) is 0 Å². The lowest BCUT2D eigenvalue weighted by Crippen LogP contribution is -2.30. The van der Waals surface area contributed by atoms with Crippen LogP contribution in [0.3, 0.4) is 0 Å². The third-order valence-corrected chi connectivity index (χ3v) is 18.6. The van der Waals surface area contributed by atoms with Crippen LogP contribution in [0.25, 0.3) is 0 Å². The van der Waals surface area contributed by atoms with Crippen LogP contribution in [0.2, 0.25) is 0 Å². The van der Waals surface area contributed by atoms with E-state index in [1.807, 2.05) is 0 Å². The van der Waals surface area contributed by atoms with E-state index in [2.05, 4.69) is 142 Å². The minimum Gasteiger partial charge on any atom is -0.463 e. The standard InChI is InChI=1S/C83H144O16P2/c1-4-7-10-13-16-19-22-25-27-29-31-33-35-36-37-38-39-40-42-44-45-47-49-52-54-57-60-63-66-69-81(86)93-72-78(84)73-95-100(89,90)96-74-79(85)75-97-101(91,92)98-77-80(99-83(88)71-68-65-62-59-56-51-24-21-18-15-12-9-6-3)76-94-82(87)70-67-64-61-58-55-53-50-48-46-43-41-34-32-30-28-26-23-20-17-14-11-8-5-2/h7-8,10-11,16-17,19-20,25-28,31-34,36-37,43,46,78-80,84-85H,4-6,9,12-15,18,21-24,29-30,35,38-42,44-45,47-77H2,1-3H3,(H,89,90)(H,91,92)/b10-7-,11-8-,19-16-,20-17-,27-25-,28-26-,33-31-,34-32-,37-36-,46-43-. The average Bonchev–Trinajstić information content (AvgIpc) is 0.933. The first kappa shape index (κ1) is 97.0. The van der Waals surface area contributed by atoms with E-state index in [1.54, 1.807) is 0 Å². The molecule has 0 radical (unpaired) electrons. The molecule has 0 aromatic rings. The highest BCUT2D eigenvalue weighted by Crippen LogP contribution is 2.45. The molecule has 0 amide bonds. The van der Waals surface area contributed by atoms with Crippen molar-refractivity contribution in [1.82, 2.24) is 0 Å². The molecule has 0 heterocycles. The summed E-state index contributed by atoms with van der Waals surface area (Å²) in [6, 6.07) is 0. The average molecular weight is 1460 g/mol. The van der Waals surface area contributed by atoms with Crippen LogP contribution in [0.15, 0.2) is 122 Å². The summed E-state index contributed by atoms with van der Waals surface area (Å²) in [6.07, 6.45) is 89.6. The van der Waals surface area contributed by atoms with E-state index in [0.29, 0.717) is 19.3 Å². The molecule has 0 aromatic heterocycles. The lowest BCUT2D eigenvalue weighted by atomic mass is 10.0. The SMILES string of the molecule is CC/C=C\C/C=C\C/C=C\C/C=C\C/C=C\CCCCCCCCCCCCCCCC(=O)OCC(O)COP(=O)(O)OCC(O)COP(=O)(O)OCC(COC(=O)CCCCCCCCC/C=C\C/C=C\C/C=C\C/C=C\C/C=C\CC)OC(=O)CCCCCCCCCCCCCCC. The molecule has 0 aliphatic rings. The Bertz CT molecular complexity index is 2320. The fraction of sp³-hybridized carbons (Fsp3) is 0.723. The summed E-state index contributed by atoms with van der Waals surface area (Å²) < 4.78 is 61.1. The summed E-state index contributed by atoms with van der Waals surface area (Å²) in [7, 11) is -9.79. The van der Waals surface area contributed by atoms with Gasteiger partial charge in [-0.1, -0.05) is 322 Å². The molecular weight excluding hydrogens is 1310 g/mol. The Morgan fingerprint density at radius 1 is 0.287 bits per heavy atom. The van der Waals surface area contributed by atoms with Crippen LogP contribution < -0.4 is 0 Å². The molecular formula is C83H144O16P2. The molecule has 5 atom stereocenters. The van der Waals surface area contributed by atoms with Gasteiger partial charge in [0.1, 0.15) is 25.4 Å². The van der Waals surface area contributed by atoms with Gasteiger partial charge in [0.05, 0.1) is 26.4 Å². The largest absolute Gasteiger partial charge is 0.472 e. The van der Waals surface area contributed by atoms with E-state index in [-0.39, 0.29) is 19.3 Å². The van der Waals surface area contributed by atoms with Gasteiger partial charge < -0.3 is 34.2 Å². The van der Waals surface area contributed by atoms with Crippen molar-refractivity contribution in [3.8, 4) is 0 Å². The maximum absolute atomic E-state index is 13.0. The van der Waals surface area contributed by atoms with Crippen LogP contribution in [0, 0.1) is 0 Å². The Labute approximate surface area is 614 Å². The highest BCUT2D eigenvalue weighted by Gasteiger charge is 2.29. The van der Waals surface area contributed by atoms with Gasteiger partial charge in [-0.15, -0.1) is 0 Å². The van der Waals surface area contributed by atoms with Crippen LogP contribution in [0.4, 0.5) is 0 Å². The van der Waals surface area contributed by atoms with E-state index in [9.17, 15) is 43.5 Å². The fourth-order valence-electron chi connectivity index (χ4n) is 10.7. The number of phosphoric acid groups is 2. The molecule has 0 rings (SSSR count). The Balaban J connectivity index is 4.49. The molecule has 4 N–H and O–H groups in total. The van der Waals surface area contributed by atoms with Gasteiger partial charge >= 0.3 is 33.6 Å². The number of hydrogen-bond acceptors (Lipinski definition) is 14. The molecule has 0 aliphatic heterocycles. The zero-order chi connectivity index (χ0) is 73.7. The molecule has 0 saturated heterocycles. The van der Waals surface area contributed by atoms with E-state index in [1.165, 1.54) is 109 Å². The summed E-state index contributed by atoms with van der Waals surface area (Å²) in [4.78, 5) is 58.6. The van der Waals surface area contributed by atoms with Crippen molar-refractivity contribution in [3.63, 3.8) is 0 Å². The van der Waals surface area contributed by atoms with Gasteiger partial charge in [-0.05, 0) is 109 Å². The predicted molar refractivity (Wildman–Crippen MR) is 417 cm³/mol. The Hall–Kier alpha value is -4.05. The first-order chi connectivity index (χ1) is 49.2. The molecule has 0 aromatic carbocycles. The zero-order valence-electron chi connectivity index (χ0n) is 63.5. The minimum absolute atomic E-state index is 0.104. The molecule has 5 unspecified atom stereocenters. The Morgan fingerprint density at radius 3 is 0.832 bits per heavy atom. The van der Waals surface area contributed by atoms with Gasteiger partial charge in [0.2, 0.25) is 0 Å². The number of esters is 3. The number of phosphoric ester groups is 2. The number of carbonyl (C=O) groups excluding carboxylic acids is 3. The van der Waals surface area contributed by atoms with Gasteiger partial charge in [-0.3, -0.25) is 32.5 Å². The van der Waals surface area contributed by atoms with Crippen molar-refractivity contribution in [3.05, 3.63) is 122 Å². The van der Waals surface area contributed by atoms with Gasteiger partial charge in [-0.2, -0.15) is 0 Å². The number of allylic oxidation sites excluding steroid dienone is 20. The Kier molecular flexibility index (Phi) is 72.6. The van der Waals surface area contributed by atoms with E-state index < -0.39 is 91.5 Å². The second-order valence-electron chi connectivity index (χ2n) is 26.5. The first-order valence-corrected chi connectivity index (χ1v) is 42.8. The lowest BCUT2D eigenvalue weighted by Gasteiger charge is -2.21. The van der Waals surface area contributed by atoms with Gasteiger partial charge in [0.15, 0.2) is 6.10 Å². The molecule has 18 heteroatoms. The Morgan fingerprint density at radius 2 is 0.525 bits per heavy atom.